The van der Waals surface area contributed by atoms with Crippen molar-refractivity contribution in [1.82, 2.24) is 24.7 Å². The first-order valence-corrected chi connectivity index (χ1v) is 5.65. The molecule has 0 spiro atoms. The summed E-state index contributed by atoms with van der Waals surface area (Å²) in [6, 6.07) is 1.76. The van der Waals surface area contributed by atoms with E-state index in [0.717, 1.165) is 18.1 Å². The van der Waals surface area contributed by atoms with Gasteiger partial charge in [-0.2, -0.15) is 10.1 Å². The predicted molar refractivity (Wildman–Crippen MR) is 66.5 cm³/mol. The minimum Gasteiger partial charge on any atom is -0.481 e. The van der Waals surface area contributed by atoms with E-state index < -0.39 is 0 Å². The average molecular weight is 248 g/mol. The van der Waals surface area contributed by atoms with E-state index >= 15 is 0 Å². The zero-order valence-electron chi connectivity index (χ0n) is 10.7. The van der Waals surface area contributed by atoms with Crippen LogP contribution in [-0.4, -0.2) is 38.4 Å². The summed E-state index contributed by atoms with van der Waals surface area (Å²) in [5.41, 5.74) is 0. The topological polar surface area (TPSA) is 77.8 Å². The van der Waals surface area contributed by atoms with Crippen LogP contribution in [0.3, 0.4) is 0 Å². The Labute approximate surface area is 105 Å². The highest BCUT2D eigenvalue weighted by Crippen LogP contribution is 2.12. The van der Waals surface area contributed by atoms with E-state index in [0.29, 0.717) is 18.2 Å². The maximum absolute atomic E-state index is 5.08. The smallest absolute Gasteiger partial charge is 0.218 e. The summed E-state index contributed by atoms with van der Waals surface area (Å²) < 4.78 is 6.77. The molecule has 1 N–H and O–H groups in total. The van der Waals surface area contributed by atoms with Gasteiger partial charge in [-0.25, -0.2) is 9.97 Å². The fourth-order valence-electron chi connectivity index (χ4n) is 1.54. The summed E-state index contributed by atoms with van der Waals surface area (Å²) in [6.45, 7) is 2.54. The lowest BCUT2D eigenvalue weighted by molar-refractivity contribution is 0.396. The van der Waals surface area contributed by atoms with Crippen LogP contribution in [0.4, 0.5) is 5.82 Å². The molecular weight excluding hydrogens is 232 g/mol. The molecule has 0 unspecified atom stereocenters. The first kappa shape index (κ1) is 12.3. The fourth-order valence-corrected chi connectivity index (χ4v) is 1.54. The maximum Gasteiger partial charge on any atom is 0.218 e. The Morgan fingerprint density at radius 2 is 2.22 bits per heavy atom. The summed E-state index contributed by atoms with van der Waals surface area (Å²) in [6.07, 6.45) is 2.43. The van der Waals surface area contributed by atoms with Gasteiger partial charge in [0.2, 0.25) is 5.88 Å². The van der Waals surface area contributed by atoms with E-state index in [1.165, 1.54) is 0 Å². The molecule has 18 heavy (non-hydrogen) atoms. The third-order valence-electron chi connectivity index (χ3n) is 2.33. The third kappa shape index (κ3) is 3.16. The Kier molecular flexibility index (Phi) is 3.71. The Bertz CT molecular complexity index is 524. The van der Waals surface area contributed by atoms with Crippen molar-refractivity contribution >= 4 is 5.82 Å². The number of anilines is 1. The van der Waals surface area contributed by atoms with Gasteiger partial charge in [-0.3, -0.25) is 4.68 Å². The van der Waals surface area contributed by atoms with Gasteiger partial charge in [0.05, 0.1) is 7.11 Å². The van der Waals surface area contributed by atoms with Crippen molar-refractivity contribution in [2.45, 2.75) is 13.3 Å². The molecule has 0 radical (unpaired) electrons. The number of aromatic nitrogens is 5. The summed E-state index contributed by atoms with van der Waals surface area (Å²) in [4.78, 5) is 12.5. The quantitative estimate of drug-likeness (QED) is 0.833. The van der Waals surface area contributed by atoms with Crippen LogP contribution in [-0.2, 0) is 13.5 Å². The molecule has 2 rings (SSSR count). The Morgan fingerprint density at radius 1 is 1.39 bits per heavy atom. The average Bonchev–Trinajstić information content (AvgIpc) is 2.74. The third-order valence-corrected chi connectivity index (χ3v) is 2.33. The molecule has 2 aromatic rings. The van der Waals surface area contributed by atoms with Gasteiger partial charge in [0.25, 0.3) is 0 Å². The van der Waals surface area contributed by atoms with Gasteiger partial charge < -0.3 is 10.1 Å². The Hall–Kier alpha value is -2.18. The van der Waals surface area contributed by atoms with E-state index in [4.69, 9.17) is 4.74 Å². The van der Waals surface area contributed by atoms with Crippen LogP contribution < -0.4 is 10.1 Å². The second-order valence-electron chi connectivity index (χ2n) is 3.85. The zero-order valence-corrected chi connectivity index (χ0v) is 10.7. The number of rotatable bonds is 5. The molecule has 0 aromatic carbocycles. The van der Waals surface area contributed by atoms with Gasteiger partial charge in [0, 0.05) is 26.1 Å². The van der Waals surface area contributed by atoms with Crippen LogP contribution in [0.1, 0.15) is 11.6 Å². The SMILES string of the molecule is COc1cc(NCCc2ncn(C)n2)nc(C)n1. The van der Waals surface area contributed by atoms with Crippen molar-refractivity contribution in [3.05, 3.63) is 24.0 Å². The lowest BCUT2D eigenvalue weighted by Crippen LogP contribution is -2.09. The molecule has 7 nitrogen and oxygen atoms in total. The molecule has 2 aromatic heterocycles. The Morgan fingerprint density at radius 3 is 2.89 bits per heavy atom. The number of hydrogen-bond donors (Lipinski definition) is 1. The van der Waals surface area contributed by atoms with Gasteiger partial charge in [0.15, 0.2) is 5.82 Å². The summed E-state index contributed by atoms with van der Waals surface area (Å²) in [5.74, 6) is 2.78. The van der Waals surface area contributed by atoms with Crippen molar-refractivity contribution in [2.24, 2.45) is 7.05 Å². The van der Waals surface area contributed by atoms with Gasteiger partial charge in [-0.1, -0.05) is 0 Å². The molecule has 0 aliphatic rings. The molecule has 0 fully saturated rings. The van der Waals surface area contributed by atoms with E-state index in [1.54, 1.807) is 24.2 Å². The van der Waals surface area contributed by atoms with Crippen LogP contribution >= 0.6 is 0 Å². The minimum atomic E-state index is 0.556. The number of ether oxygens (including phenoxy) is 1. The van der Waals surface area contributed by atoms with Crippen molar-refractivity contribution in [3.8, 4) is 5.88 Å². The van der Waals surface area contributed by atoms with Crippen molar-refractivity contribution in [2.75, 3.05) is 19.0 Å². The summed E-state index contributed by atoms with van der Waals surface area (Å²) in [7, 11) is 3.44. The number of methoxy groups -OCH3 is 1. The van der Waals surface area contributed by atoms with E-state index in [2.05, 4.69) is 25.4 Å². The molecule has 2 heterocycles. The number of hydrogen-bond acceptors (Lipinski definition) is 6. The molecule has 7 heteroatoms. The highest BCUT2D eigenvalue weighted by molar-refractivity contribution is 5.38. The number of nitrogens with one attached hydrogen (secondary N) is 1. The molecule has 0 saturated heterocycles. The first-order valence-electron chi connectivity index (χ1n) is 5.65. The largest absolute Gasteiger partial charge is 0.481 e. The van der Waals surface area contributed by atoms with Crippen LogP contribution in [0, 0.1) is 6.92 Å². The van der Waals surface area contributed by atoms with Crippen LogP contribution in [0.15, 0.2) is 12.4 Å². The zero-order chi connectivity index (χ0) is 13.0. The number of aryl methyl sites for hydroxylation is 2. The standard InChI is InChI=1S/C11H16N6O/c1-8-14-10(6-11(15-8)18-3)12-5-4-9-13-7-17(2)16-9/h6-7H,4-5H2,1-3H3,(H,12,14,15). The van der Waals surface area contributed by atoms with E-state index in [-0.39, 0.29) is 0 Å². The molecular formula is C11H16N6O. The van der Waals surface area contributed by atoms with Crippen LogP contribution in [0.25, 0.3) is 0 Å². The predicted octanol–water partition coefficient (Wildman–Crippen LogP) is 0.577. The lowest BCUT2D eigenvalue weighted by Gasteiger charge is -2.06. The van der Waals surface area contributed by atoms with E-state index in [9.17, 15) is 0 Å². The molecule has 0 bridgehead atoms. The van der Waals surface area contributed by atoms with Crippen molar-refractivity contribution in [3.63, 3.8) is 0 Å². The normalized spacial score (nSPS) is 10.4. The van der Waals surface area contributed by atoms with Gasteiger partial charge in [0.1, 0.15) is 18.0 Å². The highest BCUT2D eigenvalue weighted by Gasteiger charge is 2.02. The summed E-state index contributed by atoms with van der Waals surface area (Å²) >= 11 is 0. The van der Waals surface area contributed by atoms with Crippen LogP contribution in [0.5, 0.6) is 5.88 Å². The Balaban J connectivity index is 1.91. The van der Waals surface area contributed by atoms with Gasteiger partial charge in [-0.05, 0) is 6.92 Å². The molecule has 0 atom stereocenters. The molecule has 0 aliphatic carbocycles. The minimum absolute atomic E-state index is 0.556. The van der Waals surface area contributed by atoms with Gasteiger partial charge >= 0.3 is 0 Å². The van der Waals surface area contributed by atoms with Crippen molar-refractivity contribution in [1.29, 1.82) is 0 Å². The monoisotopic (exact) mass is 248 g/mol. The number of nitrogens with zero attached hydrogens (tertiary/aromatic N) is 5. The van der Waals surface area contributed by atoms with Gasteiger partial charge in [-0.15, -0.1) is 0 Å². The van der Waals surface area contributed by atoms with Crippen molar-refractivity contribution < 1.29 is 4.74 Å². The molecule has 0 saturated carbocycles. The second kappa shape index (κ2) is 5.44. The molecule has 96 valence electrons. The molecule has 0 aliphatic heterocycles. The highest BCUT2D eigenvalue weighted by atomic mass is 16.5. The lowest BCUT2D eigenvalue weighted by atomic mass is 10.4. The van der Waals surface area contributed by atoms with E-state index in [1.807, 2.05) is 14.0 Å². The first-order chi connectivity index (χ1) is 8.67. The second-order valence-corrected chi connectivity index (χ2v) is 3.85. The van der Waals surface area contributed by atoms with Crippen LogP contribution in [0.2, 0.25) is 0 Å². The fraction of sp³-hybridized carbons (Fsp3) is 0.455. The summed E-state index contributed by atoms with van der Waals surface area (Å²) in [5, 5.41) is 7.40. The molecule has 0 amide bonds. The maximum atomic E-state index is 5.08.